The minimum atomic E-state index is -0.290. The van der Waals surface area contributed by atoms with Crippen LogP contribution in [0.25, 0.3) is 0 Å². The highest BCUT2D eigenvalue weighted by Gasteiger charge is 2.34. The topological polar surface area (TPSA) is 66.6 Å². The van der Waals surface area contributed by atoms with Gasteiger partial charge in [-0.15, -0.1) is 0 Å². The number of hydrogen-bond acceptors (Lipinski definition) is 3. The Morgan fingerprint density at radius 2 is 1.79 bits per heavy atom. The number of hydrogen-bond donors (Lipinski definition) is 2. The van der Waals surface area contributed by atoms with Crippen molar-refractivity contribution in [1.29, 1.82) is 0 Å². The molecule has 0 atom stereocenters. The predicted molar refractivity (Wildman–Crippen MR) is 75.7 cm³/mol. The highest BCUT2D eigenvalue weighted by atomic mass is 16.3. The number of aliphatic hydroxyl groups excluding tert-OH is 1. The van der Waals surface area contributed by atoms with Gasteiger partial charge < -0.3 is 15.7 Å². The zero-order chi connectivity index (χ0) is 13.7. The van der Waals surface area contributed by atoms with Crippen LogP contribution in [0.4, 0.5) is 0 Å². The molecule has 2 fully saturated rings. The molecule has 1 amide bonds. The number of nitrogens with two attached hydrogens (primary N) is 1. The predicted octanol–water partition coefficient (Wildman–Crippen LogP) is 1.80. The maximum Gasteiger partial charge on any atom is 0.224 e. The Balaban J connectivity index is 1.94. The molecule has 0 radical (unpaired) electrons. The number of carbonyl (C=O) groups is 1. The Kier molecular flexibility index (Phi) is 5.22. The summed E-state index contributed by atoms with van der Waals surface area (Å²) < 4.78 is 0. The van der Waals surface area contributed by atoms with E-state index >= 15 is 0 Å². The lowest BCUT2D eigenvalue weighted by Crippen LogP contribution is -2.49. The van der Waals surface area contributed by atoms with Gasteiger partial charge in [-0.05, 0) is 25.7 Å². The summed E-state index contributed by atoms with van der Waals surface area (Å²) in [6, 6.07) is 0.340. The summed E-state index contributed by atoms with van der Waals surface area (Å²) in [7, 11) is 0. The summed E-state index contributed by atoms with van der Waals surface area (Å²) in [6.45, 7) is 0.527. The summed E-state index contributed by atoms with van der Waals surface area (Å²) >= 11 is 0. The van der Waals surface area contributed by atoms with Crippen LogP contribution < -0.4 is 5.73 Å². The lowest BCUT2D eigenvalue weighted by molar-refractivity contribution is -0.135. The van der Waals surface area contributed by atoms with Crippen LogP contribution >= 0.6 is 0 Å². The van der Waals surface area contributed by atoms with Gasteiger partial charge in [-0.2, -0.15) is 0 Å². The average molecular weight is 268 g/mol. The van der Waals surface area contributed by atoms with E-state index in [4.69, 9.17) is 5.73 Å². The van der Waals surface area contributed by atoms with Crippen LogP contribution in [0.15, 0.2) is 0 Å². The van der Waals surface area contributed by atoms with Gasteiger partial charge in [0.2, 0.25) is 5.91 Å². The monoisotopic (exact) mass is 268 g/mol. The first-order valence-corrected chi connectivity index (χ1v) is 7.84. The van der Waals surface area contributed by atoms with Crippen molar-refractivity contribution in [2.75, 3.05) is 13.2 Å². The largest absolute Gasteiger partial charge is 0.395 e. The molecule has 0 aromatic carbocycles. The molecule has 4 nitrogen and oxygen atoms in total. The molecule has 2 aliphatic carbocycles. The summed E-state index contributed by atoms with van der Waals surface area (Å²) in [4.78, 5) is 14.4. The lowest BCUT2D eigenvalue weighted by Gasteiger charge is -2.36. The van der Waals surface area contributed by atoms with E-state index in [0.717, 1.165) is 38.5 Å². The summed E-state index contributed by atoms with van der Waals surface area (Å²) in [6.07, 6.45) is 10.5. The first-order chi connectivity index (χ1) is 9.14. The Labute approximate surface area is 116 Å². The van der Waals surface area contributed by atoms with E-state index in [9.17, 15) is 9.90 Å². The molecule has 2 saturated carbocycles. The average Bonchev–Trinajstić information content (AvgIpc) is 2.89. The van der Waals surface area contributed by atoms with Gasteiger partial charge in [0.05, 0.1) is 6.61 Å². The fourth-order valence-corrected chi connectivity index (χ4v) is 3.67. The van der Waals surface area contributed by atoms with Gasteiger partial charge in [0.1, 0.15) is 0 Å². The van der Waals surface area contributed by atoms with Gasteiger partial charge in [-0.3, -0.25) is 4.79 Å². The van der Waals surface area contributed by atoms with Crippen LogP contribution in [0.1, 0.15) is 64.2 Å². The van der Waals surface area contributed by atoms with E-state index in [1.165, 1.54) is 19.3 Å². The van der Waals surface area contributed by atoms with Crippen molar-refractivity contribution in [1.82, 2.24) is 4.90 Å². The molecule has 110 valence electrons. The van der Waals surface area contributed by atoms with Crippen LogP contribution in [-0.4, -0.2) is 40.6 Å². The Morgan fingerprint density at radius 3 is 2.37 bits per heavy atom. The van der Waals surface area contributed by atoms with Gasteiger partial charge in [-0.25, -0.2) is 0 Å². The minimum Gasteiger partial charge on any atom is -0.395 e. The number of nitrogens with zero attached hydrogens (tertiary/aromatic N) is 1. The second-order valence-electron chi connectivity index (χ2n) is 6.35. The number of rotatable bonds is 5. The number of aliphatic hydroxyl groups is 1. The van der Waals surface area contributed by atoms with Crippen molar-refractivity contribution in [3.63, 3.8) is 0 Å². The van der Waals surface area contributed by atoms with Crippen molar-refractivity contribution in [2.45, 2.75) is 75.8 Å². The molecule has 3 N–H and O–H groups in total. The summed E-state index contributed by atoms with van der Waals surface area (Å²) in [5, 5.41) is 9.19. The van der Waals surface area contributed by atoms with Crippen LogP contribution in [0, 0.1) is 0 Å². The van der Waals surface area contributed by atoms with Gasteiger partial charge >= 0.3 is 0 Å². The molecule has 2 rings (SSSR count). The van der Waals surface area contributed by atoms with Gasteiger partial charge in [-0.1, -0.05) is 32.1 Å². The number of carbonyl (C=O) groups excluding carboxylic acids is 1. The maximum absolute atomic E-state index is 12.5. The Hall–Kier alpha value is -0.610. The second-order valence-corrected chi connectivity index (χ2v) is 6.35. The molecular formula is C15H28N2O2. The van der Waals surface area contributed by atoms with Crippen molar-refractivity contribution in [3.8, 4) is 0 Å². The molecule has 0 spiro atoms. The van der Waals surface area contributed by atoms with Crippen LogP contribution in [0.3, 0.4) is 0 Å². The van der Waals surface area contributed by atoms with Gasteiger partial charge in [0.15, 0.2) is 0 Å². The molecule has 0 bridgehead atoms. The zero-order valence-electron chi connectivity index (χ0n) is 11.9. The van der Waals surface area contributed by atoms with E-state index < -0.39 is 0 Å². The molecule has 0 aromatic rings. The highest BCUT2D eigenvalue weighted by Crippen LogP contribution is 2.31. The first kappa shape index (κ1) is 14.8. The standard InChI is InChI=1S/C15H28N2O2/c16-15(8-4-1-5-9-15)12-14(19)17(10-11-18)13-6-2-3-7-13/h13,18H,1-12,16H2. The third-order valence-corrected chi connectivity index (χ3v) is 4.78. The first-order valence-electron chi connectivity index (χ1n) is 7.84. The zero-order valence-corrected chi connectivity index (χ0v) is 11.9. The molecule has 0 aliphatic heterocycles. The van der Waals surface area contributed by atoms with Crippen molar-refractivity contribution < 1.29 is 9.90 Å². The maximum atomic E-state index is 12.5. The quantitative estimate of drug-likeness (QED) is 0.799. The van der Waals surface area contributed by atoms with E-state index in [-0.39, 0.29) is 18.1 Å². The SMILES string of the molecule is NC1(CC(=O)N(CCO)C2CCCC2)CCCCC1. The van der Waals surface area contributed by atoms with Crippen molar-refractivity contribution in [2.24, 2.45) is 5.73 Å². The fraction of sp³-hybridized carbons (Fsp3) is 0.933. The third-order valence-electron chi connectivity index (χ3n) is 4.78. The Morgan fingerprint density at radius 1 is 1.16 bits per heavy atom. The molecule has 0 aromatic heterocycles. The van der Waals surface area contributed by atoms with E-state index in [1.807, 2.05) is 4.90 Å². The third kappa shape index (κ3) is 3.93. The normalized spacial score (nSPS) is 23.5. The van der Waals surface area contributed by atoms with E-state index in [1.54, 1.807) is 0 Å². The molecule has 2 aliphatic rings. The highest BCUT2D eigenvalue weighted by molar-refractivity contribution is 5.78. The van der Waals surface area contributed by atoms with Gasteiger partial charge in [0, 0.05) is 24.5 Å². The Bertz CT molecular complexity index is 295. The minimum absolute atomic E-state index is 0.0554. The van der Waals surface area contributed by atoms with Crippen molar-refractivity contribution in [3.05, 3.63) is 0 Å². The summed E-state index contributed by atoms with van der Waals surface area (Å²) in [5.74, 6) is 0.158. The van der Waals surface area contributed by atoms with E-state index in [0.29, 0.717) is 19.0 Å². The van der Waals surface area contributed by atoms with Gasteiger partial charge in [0.25, 0.3) is 0 Å². The lowest BCUT2D eigenvalue weighted by atomic mass is 9.80. The van der Waals surface area contributed by atoms with Crippen LogP contribution in [0.5, 0.6) is 0 Å². The fourth-order valence-electron chi connectivity index (χ4n) is 3.67. The van der Waals surface area contributed by atoms with Crippen LogP contribution in [0.2, 0.25) is 0 Å². The van der Waals surface area contributed by atoms with Crippen LogP contribution in [-0.2, 0) is 4.79 Å². The molecule has 4 heteroatoms. The van der Waals surface area contributed by atoms with E-state index in [2.05, 4.69) is 0 Å². The summed E-state index contributed by atoms with van der Waals surface area (Å²) in [5.41, 5.74) is 6.09. The second kappa shape index (κ2) is 6.71. The molecule has 0 unspecified atom stereocenters. The molecule has 19 heavy (non-hydrogen) atoms. The molecular weight excluding hydrogens is 240 g/mol. The smallest absolute Gasteiger partial charge is 0.224 e. The number of amides is 1. The molecule has 0 saturated heterocycles. The van der Waals surface area contributed by atoms with Crippen molar-refractivity contribution >= 4 is 5.91 Å². The molecule has 0 heterocycles.